The molecule has 0 fully saturated rings. The summed E-state index contributed by atoms with van der Waals surface area (Å²) in [6.45, 7) is 15.1. The molecule has 0 aromatic heterocycles. The van der Waals surface area contributed by atoms with E-state index in [0.29, 0.717) is 12.1 Å². The molecule has 0 saturated carbocycles. The number of carbonyl (C=O) groups is 3. The van der Waals surface area contributed by atoms with Crippen molar-refractivity contribution in [2.75, 3.05) is 6.54 Å². The van der Waals surface area contributed by atoms with Crippen LogP contribution in [0.15, 0.2) is 67.3 Å². The Kier molecular flexibility index (Phi) is 10.3. The molecule has 0 aliphatic rings. The van der Waals surface area contributed by atoms with Crippen LogP contribution < -0.4 is 10.6 Å². The van der Waals surface area contributed by atoms with E-state index >= 15 is 0 Å². The minimum atomic E-state index is -0.916. The van der Waals surface area contributed by atoms with Gasteiger partial charge in [-0.05, 0) is 44.7 Å². The maximum absolute atomic E-state index is 13.9. The third-order valence-electron chi connectivity index (χ3n) is 5.44. The number of carbonyl (C=O) groups excluding carboxylic acids is 3. The van der Waals surface area contributed by atoms with Crippen LogP contribution in [0.25, 0.3) is 0 Å². The van der Waals surface area contributed by atoms with Crippen molar-refractivity contribution < 1.29 is 19.1 Å². The molecule has 2 atom stereocenters. The molecule has 2 rings (SSSR count). The number of amides is 3. The molecular formula is C29H39N3O4. The van der Waals surface area contributed by atoms with Gasteiger partial charge in [0.25, 0.3) is 0 Å². The number of hydrogen-bond donors (Lipinski definition) is 2. The number of nitrogens with zero attached hydrogens (tertiary/aromatic N) is 1. The van der Waals surface area contributed by atoms with Gasteiger partial charge < -0.3 is 20.3 Å². The Morgan fingerprint density at radius 2 is 1.72 bits per heavy atom. The Morgan fingerprint density at radius 1 is 1.06 bits per heavy atom. The first-order valence-corrected chi connectivity index (χ1v) is 12.2. The maximum atomic E-state index is 13.9. The van der Waals surface area contributed by atoms with Crippen LogP contribution in [0.5, 0.6) is 0 Å². The summed E-state index contributed by atoms with van der Waals surface area (Å²) in [6.07, 6.45) is 0.893. The average molecular weight is 494 g/mol. The van der Waals surface area contributed by atoms with Crippen molar-refractivity contribution in [3.63, 3.8) is 0 Å². The number of alkyl carbamates (subject to hydrolysis) is 1. The zero-order chi connectivity index (χ0) is 26.9. The van der Waals surface area contributed by atoms with E-state index in [1.165, 1.54) is 4.90 Å². The highest BCUT2D eigenvalue weighted by atomic mass is 16.6. The number of ether oxygens (including phenoxy) is 1. The minimum Gasteiger partial charge on any atom is -0.444 e. The second-order valence-corrected chi connectivity index (χ2v) is 10.2. The van der Waals surface area contributed by atoms with Gasteiger partial charge in [-0.3, -0.25) is 9.59 Å². The fourth-order valence-electron chi connectivity index (χ4n) is 3.78. The molecule has 0 aliphatic heterocycles. The van der Waals surface area contributed by atoms with Crippen LogP contribution >= 0.6 is 0 Å². The molecule has 0 bridgehead atoms. The highest BCUT2D eigenvalue weighted by Gasteiger charge is 2.37. The average Bonchev–Trinajstić information content (AvgIpc) is 2.80. The summed E-state index contributed by atoms with van der Waals surface area (Å²) < 4.78 is 5.38. The van der Waals surface area contributed by atoms with Gasteiger partial charge in [0.15, 0.2) is 0 Å². The van der Waals surface area contributed by atoms with Crippen molar-refractivity contribution in [3.8, 4) is 0 Å². The summed E-state index contributed by atoms with van der Waals surface area (Å²) in [5.74, 6) is -0.959. The Morgan fingerprint density at radius 3 is 2.28 bits per heavy atom. The number of benzene rings is 2. The third kappa shape index (κ3) is 8.56. The van der Waals surface area contributed by atoms with E-state index in [1.807, 2.05) is 75.4 Å². The Labute approximate surface area is 214 Å². The van der Waals surface area contributed by atoms with Crippen molar-refractivity contribution in [1.29, 1.82) is 0 Å². The maximum Gasteiger partial charge on any atom is 0.408 e. The Balaban J connectivity index is 2.41. The summed E-state index contributed by atoms with van der Waals surface area (Å²) in [4.78, 5) is 41.5. The molecule has 2 N–H and O–H groups in total. The monoisotopic (exact) mass is 493 g/mol. The first-order valence-electron chi connectivity index (χ1n) is 12.2. The lowest BCUT2D eigenvalue weighted by Crippen LogP contribution is -2.54. The van der Waals surface area contributed by atoms with Crippen LogP contribution in [-0.4, -0.2) is 41.0 Å². The van der Waals surface area contributed by atoms with Gasteiger partial charge in [0.2, 0.25) is 11.8 Å². The smallest absolute Gasteiger partial charge is 0.408 e. The van der Waals surface area contributed by atoms with Gasteiger partial charge in [0.1, 0.15) is 17.7 Å². The highest BCUT2D eigenvalue weighted by molar-refractivity contribution is 5.92. The van der Waals surface area contributed by atoms with Crippen molar-refractivity contribution in [1.82, 2.24) is 15.5 Å². The molecule has 0 heterocycles. The van der Waals surface area contributed by atoms with Crippen molar-refractivity contribution in [3.05, 3.63) is 83.9 Å². The van der Waals surface area contributed by atoms with E-state index in [4.69, 9.17) is 4.74 Å². The van der Waals surface area contributed by atoms with Gasteiger partial charge in [0, 0.05) is 13.1 Å². The Bertz CT molecular complexity index is 1040. The molecule has 7 heteroatoms. The molecule has 2 aromatic rings. The van der Waals surface area contributed by atoms with Crippen LogP contribution in [0.4, 0.5) is 4.79 Å². The van der Waals surface area contributed by atoms with Gasteiger partial charge >= 0.3 is 6.09 Å². The molecule has 3 amide bonds. The standard InChI is InChI=1S/C29H39N3O4/c1-8-17-32(27(34)24(20(2)3)31-28(35)36-29(5,6)7)25(23-16-12-13-21(4)18-23)26(33)30-19-22-14-10-9-11-15-22/h8-16,18,20,24-25H,1,17,19H2,2-7H3,(H,30,33)(H,31,35). The molecule has 194 valence electrons. The quantitative estimate of drug-likeness (QED) is 0.460. The van der Waals surface area contributed by atoms with Crippen LogP contribution in [-0.2, 0) is 20.9 Å². The van der Waals surface area contributed by atoms with Gasteiger partial charge in [0.05, 0.1) is 0 Å². The number of hydrogen-bond acceptors (Lipinski definition) is 4. The van der Waals surface area contributed by atoms with Crippen molar-refractivity contribution >= 4 is 17.9 Å². The van der Waals surface area contributed by atoms with Crippen molar-refractivity contribution in [2.45, 2.75) is 65.8 Å². The first-order chi connectivity index (χ1) is 16.9. The molecule has 2 unspecified atom stereocenters. The predicted octanol–water partition coefficient (Wildman–Crippen LogP) is 4.92. The van der Waals surface area contributed by atoms with Gasteiger partial charge in [-0.1, -0.05) is 80.1 Å². The zero-order valence-electron chi connectivity index (χ0n) is 22.2. The fraction of sp³-hybridized carbons (Fsp3) is 0.414. The van der Waals surface area contributed by atoms with Gasteiger partial charge in [-0.25, -0.2) is 4.79 Å². The SMILES string of the molecule is C=CCN(C(=O)C(NC(=O)OC(C)(C)C)C(C)C)C(C(=O)NCc1ccccc1)c1cccc(C)c1. The van der Waals surface area contributed by atoms with E-state index in [1.54, 1.807) is 26.8 Å². The normalized spacial score (nSPS) is 12.9. The number of rotatable bonds is 10. The minimum absolute atomic E-state index is 0.120. The summed E-state index contributed by atoms with van der Waals surface area (Å²) in [5, 5.41) is 5.68. The van der Waals surface area contributed by atoms with E-state index in [0.717, 1.165) is 11.1 Å². The second kappa shape index (κ2) is 12.9. The van der Waals surface area contributed by atoms with Gasteiger partial charge in [-0.2, -0.15) is 0 Å². The lowest BCUT2D eigenvalue weighted by atomic mass is 9.98. The molecule has 7 nitrogen and oxygen atoms in total. The van der Waals surface area contributed by atoms with Crippen LogP contribution in [0.3, 0.4) is 0 Å². The van der Waals surface area contributed by atoms with Gasteiger partial charge in [-0.15, -0.1) is 6.58 Å². The topological polar surface area (TPSA) is 87.7 Å². The van der Waals surface area contributed by atoms with Crippen molar-refractivity contribution in [2.24, 2.45) is 5.92 Å². The van der Waals surface area contributed by atoms with Crippen LogP contribution in [0.1, 0.15) is 57.4 Å². The van der Waals surface area contributed by atoms with Crippen LogP contribution in [0.2, 0.25) is 0 Å². The molecule has 0 saturated heterocycles. The third-order valence-corrected chi connectivity index (χ3v) is 5.44. The fourth-order valence-corrected chi connectivity index (χ4v) is 3.78. The highest BCUT2D eigenvalue weighted by Crippen LogP contribution is 2.25. The molecular weight excluding hydrogens is 454 g/mol. The van der Waals surface area contributed by atoms with E-state index in [2.05, 4.69) is 17.2 Å². The lowest BCUT2D eigenvalue weighted by Gasteiger charge is -2.35. The van der Waals surface area contributed by atoms with E-state index < -0.39 is 29.7 Å². The summed E-state index contributed by atoms with van der Waals surface area (Å²) in [6, 6.07) is 15.3. The molecule has 36 heavy (non-hydrogen) atoms. The largest absolute Gasteiger partial charge is 0.444 e. The predicted molar refractivity (Wildman–Crippen MR) is 142 cm³/mol. The van der Waals surface area contributed by atoms with E-state index in [9.17, 15) is 14.4 Å². The summed E-state index contributed by atoms with van der Waals surface area (Å²) in [7, 11) is 0. The molecule has 0 spiro atoms. The lowest BCUT2D eigenvalue weighted by molar-refractivity contribution is -0.142. The van der Waals surface area contributed by atoms with E-state index in [-0.39, 0.29) is 18.4 Å². The summed E-state index contributed by atoms with van der Waals surface area (Å²) in [5.41, 5.74) is 1.88. The number of nitrogens with one attached hydrogen (secondary N) is 2. The second-order valence-electron chi connectivity index (χ2n) is 10.2. The van der Waals surface area contributed by atoms with Crippen LogP contribution in [0, 0.1) is 12.8 Å². The molecule has 0 aliphatic carbocycles. The Hall–Kier alpha value is -3.61. The summed E-state index contributed by atoms with van der Waals surface area (Å²) >= 11 is 0. The first kappa shape index (κ1) is 28.6. The molecule has 2 aromatic carbocycles. The number of aryl methyl sites for hydroxylation is 1. The zero-order valence-corrected chi connectivity index (χ0v) is 22.2. The molecule has 0 radical (unpaired) electrons.